The topological polar surface area (TPSA) is 102 Å². The summed E-state index contributed by atoms with van der Waals surface area (Å²) in [5.41, 5.74) is 17.7. The van der Waals surface area contributed by atoms with Crippen LogP contribution < -0.4 is 17.2 Å². The van der Waals surface area contributed by atoms with Gasteiger partial charge in [0.05, 0.1) is 11.4 Å². The molecular weight excluding hydrogens is 211 g/mol. The average molecular weight is 223 g/mol. The van der Waals surface area contributed by atoms with Gasteiger partial charge >= 0.3 is 0 Å². The van der Waals surface area contributed by atoms with Gasteiger partial charge < -0.3 is 17.2 Å². The van der Waals surface area contributed by atoms with Gasteiger partial charge in [0.15, 0.2) is 0 Å². The lowest BCUT2D eigenvalue weighted by atomic mass is 10.1. The maximum Gasteiger partial charge on any atom is 0.122 e. The van der Waals surface area contributed by atoms with E-state index in [2.05, 4.69) is 0 Å². The Morgan fingerprint density at radius 3 is 2.00 bits per heavy atom. The fraction of sp³-hybridized carbons (Fsp3) is 0. The zero-order valence-corrected chi connectivity index (χ0v) is 8.41. The molecule has 6 heteroatoms. The van der Waals surface area contributed by atoms with Crippen molar-refractivity contribution in [2.45, 2.75) is 0 Å². The van der Waals surface area contributed by atoms with Crippen molar-refractivity contribution in [2.24, 2.45) is 5.73 Å². The second-order valence-corrected chi connectivity index (χ2v) is 2.26. The van der Waals surface area contributed by atoms with Gasteiger partial charge in [-0.15, -0.1) is 24.8 Å². The van der Waals surface area contributed by atoms with Crippen molar-refractivity contribution in [3.05, 3.63) is 23.8 Å². The molecule has 1 aromatic rings. The molecule has 0 bridgehead atoms. The lowest BCUT2D eigenvalue weighted by Crippen LogP contribution is -2.11. The maximum atomic E-state index is 7.08. The van der Waals surface area contributed by atoms with E-state index in [4.69, 9.17) is 22.6 Å². The molecule has 0 aromatic heterocycles. The monoisotopic (exact) mass is 222 g/mol. The van der Waals surface area contributed by atoms with Crippen molar-refractivity contribution in [3.63, 3.8) is 0 Å². The van der Waals surface area contributed by atoms with Gasteiger partial charge in [-0.25, -0.2) is 0 Å². The van der Waals surface area contributed by atoms with Crippen molar-refractivity contribution in [3.8, 4) is 0 Å². The third kappa shape index (κ3) is 3.40. The Hall–Kier alpha value is -1.13. The van der Waals surface area contributed by atoms with E-state index in [1.54, 1.807) is 18.2 Å². The van der Waals surface area contributed by atoms with Gasteiger partial charge in [0.25, 0.3) is 0 Å². The molecule has 0 fully saturated rings. The summed E-state index contributed by atoms with van der Waals surface area (Å²) in [7, 11) is 0. The van der Waals surface area contributed by atoms with Crippen LogP contribution in [-0.2, 0) is 0 Å². The van der Waals surface area contributed by atoms with E-state index in [0.29, 0.717) is 16.9 Å². The molecule has 13 heavy (non-hydrogen) atoms. The lowest BCUT2D eigenvalue weighted by molar-refractivity contribution is 1.42. The predicted molar refractivity (Wildman–Crippen MR) is 60.8 cm³/mol. The minimum absolute atomic E-state index is 0. The maximum absolute atomic E-state index is 7.08. The van der Waals surface area contributed by atoms with E-state index in [-0.39, 0.29) is 30.6 Å². The first-order valence-electron chi connectivity index (χ1n) is 3.10. The summed E-state index contributed by atoms with van der Waals surface area (Å²) < 4.78 is 0. The number of hydrogen-bond donors (Lipinski definition) is 4. The zero-order valence-electron chi connectivity index (χ0n) is 6.78. The Bertz CT molecular complexity index is 301. The van der Waals surface area contributed by atoms with E-state index < -0.39 is 0 Å². The van der Waals surface area contributed by atoms with Crippen molar-refractivity contribution < 1.29 is 0 Å². The van der Waals surface area contributed by atoms with E-state index in [0.717, 1.165) is 0 Å². The third-order valence-electron chi connectivity index (χ3n) is 1.40. The predicted octanol–water partition coefficient (Wildman–Crippen LogP) is 0.979. The van der Waals surface area contributed by atoms with Crippen LogP contribution in [-0.4, -0.2) is 5.84 Å². The van der Waals surface area contributed by atoms with Crippen LogP contribution in [0.3, 0.4) is 0 Å². The van der Waals surface area contributed by atoms with Crippen LogP contribution in [0.5, 0.6) is 0 Å². The summed E-state index contributed by atoms with van der Waals surface area (Å²) in [4.78, 5) is 0. The quantitative estimate of drug-likeness (QED) is 0.324. The van der Waals surface area contributed by atoms with Crippen LogP contribution in [0.4, 0.5) is 11.4 Å². The fourth-order valence-electron chi connectivity index (χ4n) is 0.742. The van der Waals surface area contributed by atoms with Crippen LogP contribution in [0.1, 0.15) is 5.56 Å². The van der Waals surface area contributed by atoms with Gasteiger partial charge in [-0.3, -0.25) is 5.41 Å². The molecule has 0 saturated carbocycles. The normalized spacial score (nSPS) is 8.00. The highest BCUT2D eigenvalue weighted by atomic mass is 35.5. The molecule has 0 atom stereocenters. The molecule has 1 rings (SSSR count). The molecule has 0 heterocycles. The van der Waals surface area contributed by atoms with Crippen molar-refractivity contribution in [1.82, 2.24) is 0 Å². The molecule has 0 aliphatic rings. The number of anilines is 2. The summed E-state index contributed by atoms with van der Waals surface area (Å²) in [6.45, 7) is 0. The van der Waals surface area contributed by atoms with Crippen molar-refractivity contribution >= 4 is 42.0 Å². The summed E-state index contributed by atoms with van der Waals surface area (Å²) in [5.74, 6) is -0.00306. The molecule has 0 aliphatic carbocycles. The Morgan fingerprint density at radius 1 is 1.08 bits per heavy atom. The van der Waals surface area contributed by atoms with Crippen LogP contribution in [0.25, 0.3) is 0 Å². The number of hydrogen-bond acceptors (Lipinski definition) is 3. The van der Waals surface area contributed by atoms with Gasteiger partial charge in [0, 0.05) is 5.56 Å². The summed E-state index contributed by atoms with van der Waals surface area (Å²) in [5, 5.41) is 7.08. The molecule has 0 saturated heterocycles. The minimum Gasteiger partial charge on any atom is -0.397 e. The number of rotatable bonds is 1. The van der Waals surface area contributed by atoms with E-state index in [9.17, 15) is 0 Å². The molecule has 0 unspecified atom stereocenters. The smallest absolute Gasteiger partial charge is 0.122 e. The number of nitrogens with two attached hydrogens (primary N) is 3. The molecule has 0 aliphatic heterocycles. The van der Waals surface area contributed by atoms with Gasteiger partial charge in [0.2, 0.25) is 0 Å². The fourth-order valence-corrected chi connectivity index (χ4v) is 0.742. The number of nitrogen functional groups attached to an aromatic ring is 3. The number of halogens is 2. The van der Waals surface area contributed by atoms with E-state index in [1.165, 1.54) is 0 Å². The van der Waals surface area contributed by atoms with Gasteiger partial charge in [0.1, 0.15) is 5.84 Å². The molecule has 0 radical (unpaired) electrons. The van der Waals surface area contributed by atoms with Crippen LogP contribution >= 0.6 is 24.8 Å². The highest BCUT2D eigenvalue weighted by Crippen LogP contribution is 2.15. The standard InChI is InChI=1S/C7H10N4.2ClH/c8-5-2-1-4(7(10)11)3-6(5)9;;/h1-3H,8-9H2,(H3,10,11);2*1H. The Morgan fingerprint density at radius 2 is 1.62 bits per heavy atom. The molecule has 0 amide bonds. The molecular formula is C7H12Cl2N4. The van der Waals surface area contributed by atoms with Crippen LogP contribution in [0.15, 0.2) is 18.2 Å². The van der Waals surface area contributed by atoms with E-state index in [1.807, 2.05) is 0 Å². The molecule has 4 nitrogen and oxygen atoms in total. The summed E-state index contributed by atoms with van der Waals surface area (Å²) in [6.07, 6.45) is 0. The van der Waals surface area contributed by atoms with Crippen molar-refractivity contribution in [1.29, 1.82) is 5.41 Å². The number of amidine groups is 1. The Kier molecular flexibility index (Phi) is 6.10. The molecule has 7 N–H and O–H groups in total. The average Bonchev–Trinajstić information content (AvgIpc) is 1.94. The second-order valence-electron chi connectivity index (χ2n) is 2.26. The molecule has 1 aromatic carbocycles. The van der Waals surface area contributed by atoms with Crippen LogP contribution in [0.2, 0.25) is 0 Å². The first-order valence-corrected chi connectivity index (χ1v) is 3.10. The lowest BCUT2D eigenvalue weighted by Gasteiger charge is -2.01. The second kappa shape index (κ2) is 5.50. The van der Waals surface area contributed by atoms with E-state index >= 15 is 0 Å². The summed E-state index contributed by atoms with van der Waals surface area (Å²) >= 11 is 0. The molecule has 74 valence electrons. The molecule has 0 spiro atoms. The minimum atomic E-state index is -0.00306. The third-order valence-corrected chi connectivity index (χ3v) is 1.40. The van der Waals surface area contributed by atoms with Gasteiger partial charge in [-0.2, -0.15) is 0 Å². The van der Waals surface area contributed by atoms with Gasteiger partial charge in [-0.1, -0.05) is 0 Å². The van der Waals surface area contributed by atoms with Gasteiger partial charge in [-0.05, 0) is 18.2 Å². The van der Waals surface area contributed by atoms with Crippen LogP contribution in [0, 0.1) is 5.41 Å². The van der Waals surface area contributed by atoms with Crippen molar-refractivity contribution in [2.75, 3.05) is 11.5 Å². The highest BCUT2D eigenvalue weighted by molar-refractivity contribution is 5.96. The zero-order chi connectivity index (χ0) is 8.43. The SMILES string of the molecule is Cl.Cl.N=C(N)c1ccc(N)c(N)c1. The Balaban J connectivity index is 0. The first kappa shape index (κ1) is 14.4. The summed E-state index contributed by atoms with van der Waals surface area (Å²) in [6, 6.07) is 4.87. The number of nitrogens with one attached hydrogen (secondary N) is 1. The number of benzene rings is 1. The Labute approximate surface area is 88.8 Å². The largest absolute Gasteiger partial charge is 0.397 e. The highest BCUT2D eigenvalue weighted by Gasteiger charge is 1.98. The first-order chi connectivity index (χ1) is 5.11.